The van der Waals surface area contributed by atoms with Crippen LogP contribution in [0.4, 0.5) is 4.79 Å². The quantitative estimate of drug-likeness (QED) is 0.833. The fourth-order valence-corrected chi connectivity index (χ4v) is 3.32. The molecule has 0 atom stereocenters. The average molecular weight is 326 g/mol. The van der Waals surface area contributed by atoms with Gasteiger partial charge in [0.15, 0.2) is 14.9 Å². The molecule has 0 N–H and O–H groups in total. The molecule has 0 bridgehead atoms. The van der Waals surface area contributed by atoms with Crippen LogP contribution in [0.2, 0.25) is 0 Å². The van der Waals surface area contributed by atoms with E-state index in [1.165, 1.54) is 4.90 Å². The van der Waals surface area contributed by atoms with Gasteiger partial charge in [-0.25, -0.2) is 18.2 Å². The van der Waals surface area contributed by atoms with Crippen molar-refractivity contribution < 1.29 is 17.9 Å². The predicted octanol–water partition coefficient (Wildman–Crippen LogP) is 2.30. The molecule has 0 saturated heterocycles. The number of rotatable bonds is 2. The molecule has 1 aromatic heterocycles. The Hall–Kier alpha value is -1.63. The molecule has 0 radical (unpaired) electrons. The zero-order valence-corrected chi connectivity index (χ0v) is 14.5. The van der Waals surface area contributed by atoms with Gasteiger partial charge in [-0.2, -0.15) is 0 Å². The molecule has 6 nitrogen and oxygen atoms in total. The highest BCUT2D eigenvalue weighted by atomic mass is 32.2. The molecule has 7 heteroatoms. The summed E-state index contributed by atoms with van der Waals surface area (Å²) in [6.45, 7) is 7.99. The largest absolute Gasteiger partial charge is 0.444 e. The molecule has 1 aliphatic heterocycles. The molecule has 0 aromatic carbocycles. The van der Waals surface area contributed by atoms with Crippen LogP contribution in [-0.2, 0) is 34.1 Å². The van der Waals surface area contributed by atoms with Crippen molar-refractivity contribution in [1.82, 2.24) is 9.88 Å². The molecule has 1 aliphatic rings. The fraction of sp³-hybridized carbons (Fsp3) is 0.600. The molecular weight excluding hydrogens is 304 g/mol. The molecule has 0 spiro atoms. The second-order valence-corrected chi connectivity index (χ2v) is 8.45. The third kappa shape index (κ3) is 3.58. The lowest BCUT2D eigenvalue weighted by Gasteiger charge is -2.23. The summed E-state index contributed by atoms with van der Waals surface area (Å²) in [6.07, 6.45) is 1.32. The number of amides is 1. The van der Waals surface area contributed by atoms with Crippen LogP contribution in [-0.4, -0.2) is 36.3 Å². The summed E-state index contributed by atoms with van der Waals surface area (Å²) < 4.78 is 29.0. The minimum absolute atomic E-state index is 0.111. The minimum Gasteiger partial charge on any atom is -0.444 e. The maximum absolute atomic E-state index is 12.1. The maximum atomic E-state index is 12.1. The van der Waals surface area contributed by atoms with Gasteiger partial charge in [0.05, 0.1) is 18.8 Å². The lowest BCUT2D eigenvalue weighted by Crippen LogP contribution is -2.33. The predicted molar refractivity (Wildman–Crippen MR) is 82.2 cm³/mol. The van der Waals surface area contributed by atoms with Crippen LogP contribution < -0.4 is 0 Å². The number of aryl methyl sites for hydroxylation is 1. The zero-order chi connectivity index (χ0) is 16.7. The van der Waals surface area contributed by atoms with Crippen molar-refractivity contribution in [1.29, 1.82) is 0 Å². The standard InChI is InChI=1S/C15H22N2O4S/c1-6-10-7-11-8-17(14(18)21-15(2,3)4)9-12(11)16-13(10)22(5,19)20/h7H,6,8-9H2,1-5H3. The molecule has 0 fully saturated rings. The molecule has 2 rings (SSSR count). The first-order valence-electron chi connectivity index (χ1n) is 7.21. The Balaban J connectivity index is 2.30. The highest BCUT2D eigenvalue weighted by Gasteiger charge is 2.30. The summed E-state index contributed by atoms with van der Waals surface area (Å²) >= 11 is 0. The Kier molecular flexibility index (Phi) is 4.21. The lowest BCUT2D eigenvalue weighted by molar-refractivity contribution is 0.0240. The summed E-state index contributed by atoms with van der Waals surface area (Å²) in [5.74, 6) is 0. The SMILES string of the molecule is CCc1cc2c(nc1S(C)(=O)=O)CN(C(=O)OC(C)(C)C)C2. The molecule has 122 valence electrons. The van der Waals surface area contributed by atoms with Gasteiger partial charge in [0.25, 0.3) is 0 Å². The molecule has 22 heavy (non-hydrogen) atoms. The number of pyridine rings is 1. The number of fused-ring (bicyclic) bond motifs is 1. The number of nitrogens with zero attached hydrogens (tertiary/aromatic N) is 2. The van der Waals surface area contributed by atoms with Gasteiger partial charge in [-0.1, -0.05) is 6.92 Å². The van der Waals surface area contributed by atoms with E-state index in [9.17, 15) is 13.2 Å². The van der Waals surface area contributed by atoms with Gasteiger partial charge < -0.3 is 4.74 Å². The third-order valence-corrected chi connectivity index (χ3v) is 4.37. The van der Waals surface area contributed by atoms with Crippen LogP contribution in [0.1, 0.15) is 44.5 Å². The van der Waals surface area contributed by atoms with Gasteiger partial charge >= 0.3 is 6.09 Å². The second kappa shape index (κ2) is 5.53. The Morgan fingerprint density at radius 3 is 2.50 bits per heavy atom. The summed E-state index contributed by atoms with van der Waals surface area (Å²) in [5, 5.41) is 0.111. The van der Waals surface area contributed by atoms with Crippen LogP contribution in [0.15, 0.2) is 11.1 Å². The number of carbonyl (C=O) groups excluding carboxylic acids is 1. The number of sulfone groups is 1. The van der Waals surface area contributed by atoms with Crippen molar-refractivity contribution >= 4 is 15.9 Å². The van der Waals surface area contributed by atoms with Gasteiger partial charge in [-0.05, 0) is 44.4 Å². The zero-order valence-electron chi connectivity index (χ0n) is 13.6. The number of hydrogen-bond donors (Lipinski definition) is 0. The highest BCUT2D eigenvalue weighted by Crippen LogP contribution is 2.27. The molecular formula is C15H22N2O4S. The Morgan fingerprint density at radius 2 is 2.00 bits per heavy atom. The number of carbonyl (C=O) groups is 1. The van der Waals surface area contributed by atoms with E-state index in [0.717, 1.165) is 11.8 Å². The van der Waals surface area contributed by atoms with Crippen LogP contribution in [0.5, 0.6) is 0 Å². The number of aromatic nitrogens is 1. The second-order valence-electron chi connectivity index (χ2n) is 6.52. The molecule has 0 aliphatic carbocycles. The van der Waals surface area contributed by atoms with E-state index >= 15 is 0 Å². The van der Waals surface area contributed by atoms with Crippen molar-refractivity contribution in [2.45, 2.75) is 57.8 Å². The van der Waals surface area contributed by atoms with Crippen LogP contribution in [0, 0.1) is 0 Å². The molecule has 1 amide bonds. The van der Waals surface area contributed by atoms with E-state index in [0.29, 0.717) is 24.2 Å². The topological polar surface area (TPSA) is 76.6 Å². The maximum Gasteiger partial charge on any atom is 0.410 e. The summed E-state index contributed by atoms with van der Waals surface area (Å²) in [4.78, 5) is 17.9. The fourth-order valence-electron chi connectivity index (χ4n) is 2.37. The van der Waals surface area contributed by atoms with Crippen LogP contribution in [0.3, 0.4) is 0 Å². The number of hydrogen-bond acceptors (Lipinski definition) is 5. The first kappa shape index (κ1) is 16.7. The van der Waals surface area contributed by atoms with E-state index < -0.39 is 21.5 Å². The monoisotopic (exact) mass is 326 g/mol. The minimum atomic E-state index is -3.38. The normalized spacial score (nSPS) is 14.9. The Labute approximate surface area is 131 Å². The van der Waals surface area contributed by atoms with Crippen molar-refractivity contribution in [3.63, 3.8) is 0 Å². The van der Waals surface area contributed by atoms with E-state index in [-0.39, 0.29) is 11.6 Å². The van der Waals surface area contributed by atoms with E-state index in [1.807, 2.05) is 33.8 Å². The molecule has 0 saturated carbocycles. The van der Waals surface area contributed by atoms with E-state index in [1.54, 1.807) is 0 Å². The van der Waals surface area contributed by atoms with Crippen molar-refractivity contribution in [2.24, 2.45) is 0 Å². The molecule has 2 heterocycles. The molecule has 1 aromatic rings. The first-order chi connectivity index (χ1) is 10.0. The van der Waals surface area contributed by atoms with Gasteiger partial charge in [-0.3, -0.25) is 4.90 Å². The van der Waals surface area contributed by atoms with Crippen molar-refractivity contribution in [2.75, 3.05) is 6.26 Å². The Morgan fingerprint density at radius 1 is 1.36 bits per heavy atom. The molecule has 0 unspecified atom stereocenters. The van der Waals surface area contributed by atoms with Crippen molar-refractivity contribution in [3.05, 3.63) is 22.9 Å². The van der Waals surface area contributed by atoms with E-state index in [2.05, 4.69) is 4.98 Å². The van der Waals surface area contributed by atoms with Crippen LogP contribution in [0.25, 0.3) is 0 Å². The van der Waals surface area contributed by atoms with Gasteiger partial charge in [0.1, 0.15) is 5.60 Å². The van der Waals surface area contributed by atoms with Crippen LogP contribution >= 0.6 is 0 Å². The van der Waals surface area contributed by atoms with E-state index in [4.69, 9.17) is 4.74 Å². The van der Waals surface area contributed by atoms with Gasteiger partial charge in [0.2, 0.25) is 0 Å². The first-order valence-corrected chi connectivity index (χ1v) is 9.10. The summed E-state index contributed by atoms with van der Waals surface area (Å²) in [5.41, 5.74) is 1.64. The summed E-state index contributed by atoms with van der Waals surface area (Å²) in [6, 6.07) is 1.84. The number of ether oxygens (including phenoxy) is 1. The summed E-state index contributed by atoms with van der Waals surface area (Å²) in [7, 11) is -3.38. The highest BCUT2D eigenvalue weighted by molar-refractivity contribution is 7.90. The Bertz CT molecular complexity index is 705. The smallest absolute Gasteiger partial charge is 0.410 e. The van der Waals surface area contributed by atoms with Gasteiger partial charge in [0, 0.05) is 6.26 Å². The average Bonchev–Trinajstić information content (AvgIpc) is 2.76. The lowest BCUT2D eigenvalue weighted by atomic mass is 10.1. The third-order valence-electron chi connectivity index (χ3n) is 3.32. The van der Waals surface area contributed by atoms with Crippen molar-refractivity contribution in [3.8, 4) is 0 Å². The van der Waals surface area contributed by atoms with Gasteiger partial charge in [-0.15, -0.1) is 0 Å².